The first-order chi connectivity index (χ1) is 9.51. The van der Waals surface area contributed by atoms with Gasteiger partial charge in [0.05, 0.1) is 12.6 Å². The Kier molecular flexibility index (Phi) is 6.82. The molecule has 4 nitrogen and oxygen atoms in total. The fraction of sp³-hybridized carbons (Fsp3) is 0.533. The molecule has 1 aromatic rings. The van der Waals surface area contributed by atoms with Gasteiger partial charge in [-0.05, 0) is 24.5 Å². The first kappa shape index (κ1) is 16.8. The van der Waals surface area contributed by atoms with Gasteiger partial charge in [-0.3, -0.25) is 0 Å². The van der Waals surface area contributed by atoms with Gasteiger partial charge in [-0.2, -0.15) is 0 Å². The Bertz CT molecular complexity index is 438. The third-order valence-corrected chi connectivity index (χ3v) is 3.57. The summed E-state index contributed by atoms with van der Waals surface area (Å²) in [7, 11) is 0. The largest absolute Gasteiger partial charge is 0.395 e. The van der Waals surface area contributed by atoms with E-state index in [1.54, 1.807) is 4.90 Å². The summed E-state index contributed by atoms with van der Waals surface area (Å²) in [5.74, 6) is 0.215. The lowest BCUT2D eigenvalue weighted by Crippen LogP contribution is -2.44. The van der Waals surface area contributed by atoms with Crippen LogP contribution in [0.5, 0.6) is 0 Å². The SMILES string of the molecule is CCN(CCO)C(=O)NC(c1ccccc1Cl)C(C)C. The topological polar surface area (TPSA) is 52.6 Å². The van der Waals surface area contributed by atoms with Gasteiger partial charge in [0, 0.05) is 18.1 Å². The summed E-state index contributed by atoms with van der Waals surface area (Å²) in [6.07, 6.45) is 0. The maximum absolute atomic E-state index is 12.2. The van der Waals surface area contributed by atoms with Crippen molar-refractivity contribution in [3.05, 3.63) is 34.9 Å². The fourth-order valence-corrected chi connectivity index (χ4v) is 2.33. The quantitative estimate of drug-likeness (QED) is 0.848. The second-order valence-electron chi connectivity index (χ2n) is 5.00. The summed E-state index contributed by atoms with van der Waals surface area (Å²) < 4.78 is 0. The Morgan fingerprint density at radius 2 is 2.05 bits per heavy atom. The van der Waals surface area contributed by atoms with Crippen LogP contribution in [0.3, 0.4) is 0 Å². The number of halogens is 1. The highest BCUT2D eigenvalue weighted by Crippen LogP contribution is 2.28. The van der Waals surface area contributed by atoms with Crippen molar-refractivity contribution < 1.29 is 9.90 Å². The summed E-state index contributed by atoms with van der Waals surface area (Å²) in [5.41, 5.74) is 0.914. The van der Waals surface area contributed by atoms with E-state index < -0.39 is 0 Å². The number of nitrogens with zero attached hydrogens (tertiary/aromatic N) is 1. The van der Waals surface area contributed by atoms with Crippen molar-refractivity contribution in [1.82, 2.24) is 10.2 Å². The second kappa shape index (κ2) is 8.12. The van der Waals surface area contributed by atoms with Crippen LogP contribution < -0.4 is 5.32 Å². The predicted molar refractivity (Wildman–Crippen MR) is 81.9 cm³/mol. The number of carbonyl (C=O) groups excluding carboxylic acids is 1. The highest BCUT2D eigenvalue weighted by Gasteiger charge is 2.22. The molecule has 1 aromatic carbocycles. The fourth-order valence-electron chi connectivity index (χ4n) is 2.08. The molecule has 0 radical (unpaired) electrons. The van der Waals surface area contributed by atoms with Crippen LogP contribution in [0, 0.1) is 5.92 Å². The zero-order chi connectivity index (χ0) is 15.1. The average molecular weight is 299 g/mol. The van der Waals surface area contributed by atoms with Gasteiger partial charge in [-0.15, -0.1) is 0 Å². The second-order valence-corrected chi connectivity index (χ2v) is 5.40. The number of hydrogen-bond donors (Lipinski definition) is 2. The number of aliphatic hydroxyl groups excluding tert-OH is 1. The van der Waals surface area contributed by atoms with E-state index in [4.69, 9.17) is 16.7 Å². The Morgan fingerprint density at radius 3 is 2.55 bits per heavy atom. The normalized spacial score (nSPS) is 12.3. The molecule has 0 aliphatic heterocycles. The van der Waals surface area contributed by atoms with Gasteiger partial charge in [0.1, 0.15) is 0 Å². The molecule has 0 aromatic heterocycles. The van der Waals surface area contributed by atoms with Crippen LogP contribution in [-0.4, -0.2) is 35.7 Å². The molecule has 2 N–H and O–H groups in total. The van der Waals surface area contributed by atoms with Crippen LogP contribution in [0.25, 0.3) is 0 Å². The number of amides is 2. The molecular weight excluding hydrogens is 276 g/mol. The minimum absolute atomic E-state index is 0.0420. The molecule has 0 bridgehead atoms. The minimum atomic E-state index is -0.180. The van der Waals surface area contributed by atoms with Crippen molar-refractivity contribution in [1.29, 1.82) is 0 Å². The zero-order valence-corrected chi connectivity index (χ0v) is 13.0. The van der Waals surface area contributed by atoms with Crippen molar-refractivity contribution >= 4 is 17.6 Å². The molecule has 0 aliphatic carbocycles. The molecule has 112 valence electrons. The standard InChI is InChI=1S/C15H23ClN2O2/c1-4-18(9-10-19)15(20)17-14(11(2)3)12-7-5-6-8-13(12)16/h5-8,11,14,19H,4,9-10H2,1-3H3,(H,17,20). The number of urea groups is 1. The summed E-state index contributed by atoms with van der Waals surface area (Å²) in [4.78, 5) is 13.8. The summed E-state index contributed by atoms with van der Waals surface area (Å²) in [6.45, 7) is 6.80. The lowest BCUT2D eigenvalue weighted by Gasteiger charge is -2.28. The number of rotatable bonds is 6. The van der Waals surface area contributed by atoms with Crippen molar-refractivity contribution in [2.45, 2.75) is 26.8 Å². The van der Waals surface area contributed by atoms with Crippen LogP contribution in [0.2, 0.25) is 5.02 Å². The molecule has 1 atom stereocenters. The van der Waals surface area contributed by atoms with Gasteiger partial charge in [-0.1, -0.05) is 43.6 Å². The Labute approximate surface area is 125 Å². The predicted octanol–water partition coefficient (Wildman–Crippen LogP) is 3.06. The third-order valence-electron chi connectivity index (χ3n) is 3.22. The Hall–Kier alpha value is -1.26. The monoisotopic (exact) mass is 298 g/mol. The molecule has 0 spiro atoms. The van der Waals surface area contributed by atoms with E-state index >= 15 is 0 Å². The van der Waals surface area contributed by atoms with E-state index in [1.807, 2.05) is 45.0 Å². The van der Waals surface area contributed by atoms with Gasteiger partial charge in [0.25, 0.3) is 0 Å². The number of benzene rings is 1. The summed E-state index contributed by atoms with van der Waals surface area (Å²) in [6, 6.07) is 7.20. The van der Waals surface area contributed by atoms with Crippen LogP contribution in [0.1, 0.15) is 32.4 Å². The van der Waals surface area contributed by atoms with Crippen molar-refractivity contribution in [2.75, 3.05) is 19.7 Å². The lowest BCUT2D eigenvalue weighted by atomic mass is 9.96. The first-order valence-corrected chi connectivity index (χ1v) is 7.29. The average Bonchev–Trinajstić information content (AvgIpc) is 2.42. The summed E-state index contributed by atoms with van der Waals surface area (Å²) in [5, 5.41) is 12.6. The molecule has 0 heterocycles. The lowest BCUT2D eigenvalue weighted by molar-refractivity contribution is 0.174. The van der Waals surface area contributed by atoms with Gasteiger partial charge < -0.3 is 15.3 Å². The van der Waals surface area contributed by atoms with E-state index in [2.05, 4.69) is 5.32 Å². The number of aliphatic hydroxyl groups is 1. The minimum Gasteiger partial charge on any atom is -0.395 e. The third kappa shape index (κ3) is 4.39. The molecule has 20 heavy (non-hydrogen) atoms. The molecule has 5 heteroatoms. The molecule has 0 saturated carbocycles. The van der Waals surface area contributed by atoms with Gasteiger partial charge in [-0.25, -0.2) is 4.79 Å². The van der Waals surface area contributed by atoms with Crippen LogP contribution in [-0.2, 0) is 0 Å². The van der Waals surface area contributed by atoms with E-state index in [9.17, 15) is 4.79 Å². The molecule has 0 aliphatic rings. The number of carbonyl (C=O) groups is 1. The Morgan fingerprint density at radius 1 is 1.40 bits per heavy atom. The van der Waals surface area contributed by atoms with E-state index in [1.165, 1.54) is 0 Å². The van der Waals surface area contributed by atoms with Crippen LogP contribution in [0.15, 0.2) is 24.3 Å². The van der Waals surface area contributed by atoms with E-state index in [-0.39, 0.29) is 24.6 Å². The van der Waals surface area contributed by atoms with Crippen LogP contribution >= 0.6 is 11.6 Å². The van der Waals surface area contributed by atoms with E-state index in [0.717, 1.165) is 5.56 Å². The highest BCUT2D eigenvalue weighted by molar-refractivity contribution is 6.31. The number of likely N-dealkylation sites (N-methyl/N-ethyl adjacent to an activating group) is 1. The molecule has 1 rings (SSSR count). The molecule has 0 fully saturated rings. The molecule has 0 saturated heterocycles. The number of hydrogen-bond acceptors (Lipinski definition) is 2. The molecule has 1 unspecified atom stereocenters. The zero-order valence-electron chi connectivity index (χ0n) is 12.3. The molecule has 2 amide bonds. The first-order valence-electron chi connectivity index (χ1n) is 6.92. The Balaban J connectivity index is 2.88. The van der Waals surface area contributed by atoms with Gasteiger partial charge >= 0.3 is 6.03 Å². The van der Waals surface area contributed by atoms with Crippen molar-refractivity contribution in [3.8, 4) is 0 Å². The van der Waals surface area contributed by atoms with Gasteiger partial charge in [0.15, 0.2) is 0 Å². The summed E-state index contributed by atoms with van der Waals surface area (Å²) >= 11 is 6.22. The maximum atomic E-state index is 12.2. The van der Waals surface area contributed by atoms with E-state index in [0.29, 0.717) is 18.1 Å². The maximum Gasteiger partial charge on any atom is 0.317 e. The van der Waals surface area contributed by atoms with Crippen LogP contribution in [0.4, 0.5) is 4.79 Å². The number of nitrogens with one attached hydrogen (secondary N) is 1. The van der Waals surface area contributed by atoms with Crippen molar-refractivity contribution in [3.63, 3.8) is 0 Å². The highest BCUT2D eigenvalue weighted by atomic mass is 35.5. The van der Waals surface area contributed by atoms with Gasteiger partial charge in [0.2, 0.25) is 0 Å². The molecular formula is C15H23ClN2O2. The smallest absolute Gasteiger partial charge is 0.317 e. The van der Waals surface area contributed by atoms with Crippen molar-refractivity contribution in [2.24, 2.45) is 5.92 Å².